The molecule has 4 rings (SSSR count). The average molecular weight is 347 g/mol. The molecule has 1 saturated heterocycles. The second-order valence-corrected chi connectivity index (χ2v) is 7.98. The summed E-state index contributed by atoms with van der Waals surface area (Å²) in [4.78, 5) is 11.9. The molecule has 4 heterocycles. The highest BCUT2D eigenvalue weighted by Gasteiger charge is 2.25. The molecule has 0 aliphatic carbocycles. The van der Waals surface area contributed by atoms with Crippen molar-refractivity contribution in [3.05, 3.63) is 24.5 Å². The summed E-state index contributed by atoms with van der Waals surface area (Å²) in [5.74, 6) is 0. The molecule has 8 nitrogen and oxygen atoms in total. The van der Waals surface area contributed by atoms with Gasteiger partial charge in [0.1, 0.15) is 12.7 Å². The second-order valence-electron chi connectivity index (χ2n) is 7.04. The molecule has 1 aliphatic heterocycles. The zero-order valence-electron chi connectivity index (χ0n) is 14.1. The van der Waals surface area contributed by atoms with Gasteiger partial charge in [-0.2, -0.15) is 5.10 Å². The number of ether oxygens (including phenoxy) is 1. The standard InChI is InChI=1S/C15H21N7OS/c1-15(2,3)12-8-22-13(18-12)24-14(19-22)20-4-5-23-11(6-20)7-21-10-16-9-17-21/h8-11H,4-7H2,1-3H3/t11-/m1/s1. The summed E-state index contributed by atoms with van der Waals surface area (Å²) < 4.78 is 9.54. The number of fused-ring (bicyclic) bond motifs is 1. The zero-order chi connectivity index (χ0) is 16.7. The van der Waals surface area contributed by atoms with Gasteiger partial charge in [0.15, 0.2) is 0 Å². The first-order valence-electron chi connectivity index (χ1n) is 8.05. The Morgan fingerprint density at radius 3 is 2.96 bits per heavy atom. The van der Waals surface area contributed by atoms with Crippen LogP contribution in [0.1, 0.15) is 26.5 Å². The van der Waals surface area contributed by atoms with E-state index < -0.39 is 0 Å². The number of rotatable bonds is 3. The molecule has 24 heavy (non-hydrogen) atoms. The first-order valence-corrected chi connectivity index (χ1v) is 8.86. The maximum atomic E-state index is 5.85. The van der Waals surface area contributed by atoms with E-state index in [9.17, 15) is 0 Å². The molecule has 3 aromatic rings. The number of aromatic nitrogens is 6. The molecular weight excluding hydrogens is 326 g/mol. The van der Waals surface area contributed by atoms with Crippen LogP contribution >= 0.6 is 11.3 Å². The van der Waals surface area contributed by atoms with E-state index in [1.165, 1.54) is 0 Å². The van der Waals surface area contributed by atoms with Crippen LogP contribution < -0.4 is 4.90 Å². The van der Waals surface area contributed by atoms with Gasteiger partial charge in [-0.1, -0.05) is 32.1 Å². The van der Waals surface area contributed by atoms with Gasteiger partial charge in [-0.15, -0.1) is 5.10 Å². The minimum absolute atomic E-state index is 0.0371. The van der Waals surface area contributed by atoms with Crippen molar-refractivity contribution in [1.29, 1.82) is 0 Å². The number of anilines is 1. The number of hydrogen-bond acceptors (Lipinski definition) is 7. The molecule has 1 aliphatic rings. The van der Waals surface area contributed by atoms with Crippen LogP contribution in [0.5, 0.6) is 0 Å². The Morgan fingerprint density at radius 1 is 1.38 bits per heavy atom. The lowest BCUT2D eigenvalue weighted by Crippen LogP contribution is -2.44. The molecule has 0 unspecified atom stereocenters. The van der Waals surface area contributed by atoms with Crippen molar-refractivity contribution in [2.75, 3.05) is 24.6 Å². The third-order valence-electron chi connectivity index (χ3n) is 4.07. The molecule has 9 heteroatoms. The molecule has 3 aromatic heterocycles. The Kier molecular flexibility index (Phi) is 3.76. The van der Waals surface area contributed by atoms with Gasteiger partial charge >= 0.3 is 0 Å². The van der Waals surface area contributed by atoms with E-state index in [1.807, 2.05) is 10.7 Å². The van der Waals surface area contributed by atoms with Gasteiger partial charge in [-0.25, -0.2) is 14.5 Å². The summed E-state index contributed by atoms with van der Waals surface area (Å²) in [6.07, 6.45) is 5.38. The van der Waals surface area contributed by atoms with Crippen LogP contribution in [0.25, 0.3) is 4.96 Å². The monoisotopic (exact) mass is 347 g/mol. The van der Waals surface area contributed by atoms with Gasteiger partial charge in [0.25, 0.3) is 0 Å². The molecule has 128 valence electrons. The highest BCUT2D eigenvalue weighted by atomic mass is 32.1. The normalized spacial score (nSPS) is 19.3. The lowest BCUT2D eigenvalue weighted by Gasteiger charge is -2.32. The topological polar surface area (TPSA) is 73.4 Å². The van der Waals surface area contributed by atoms with Crippen molar-refractivity contribution in [3.63, 3.8) is 0 Å². The molecular formula is C15H21N7OS. The molecule has 0 N–H and O–H groups in total. The number of morpholine rings is 1. The Morgan fingerprint density at radius 2 is 2.25 bits per heavy atom. The molecule has 0 aromatic carbocycles. The molecule has 0 radical (unpaired) electrons. The number of nitrogens with zero attached hydrogens (tertiary/aromatic N) is 7. The first kappa shape index (κ1) is 15.5. The van der Waals surface area contributed by atoms with Crippen molar-refractivity contribution >= 4 is 21.4 Å². The predicted molar refractivity (Wildman–Crippen MR) is 91.5 cm³/mol. The van der Waals surface area contributed by atoms with Crippen LogP contribution in [0.4, 0.5) is 5.13 Å². The predicted octanol–water partition coefficient (Wildman–Crippen LogP) is 1.59. The maximum absolute atomic E-state index is 5.85. The summed E-state index contributed by atoms with van der Waals surface area (Å²) in [7, 11) is 0. The third-order valence-corrected chi connectivity index (χ3v) is 5.05. The third kappa shape index (κ3) is 3.01. The van der Waals surface area contributed by atoms with Crippen LogP contribution in [-0.2, 0) is 16.7 Å². The SMILES string of the molecule is CC(C)(C)c1cn2nc(N3CCO[C@@H](Cn4cncn4)C3)sc2n1. The number of imidazole rings is 1. The second kappa shape index (κ2) is 5.82. The highest BCUT2D eigenvalue weighted by molar-refractivity contribution is 7.20. The van der Waals surface area contributed by atoms with E-state index in [0.717, 1.165) is 28.9 Å². The first-order chi connectivity index (χ1) is 11.5. The lowest BCUT2D eigenvalue weighted by atomic mass is 9.93. The molecule has 0 amide bonds. The van der Waals surface area contributed by atoms with E-state index in [2.05, 4.69) is 35.8 Å². The average Bonchev–Trinajstić information content (AvgIpc) is 3.21. The van der Waals surface area contributed by atoms with Crippen LogP contribution in [0, 0.1) is 0 Å². The van der Waals surface area contributed by atoms with E-state index in [1.54, 1.807) is 28.7 Å². The van der Waals surface area contributed by atoms with Crippen molar-refractivity contribution in [2.24, 2.45) is 0 Å². The maximum Gasteiger partial charge on any atom is 0.214 e. The van der Waals surface area contributed by atoms with Gasteiger partial charge in [0.05, 0.1) is 31.1 Å². The molecule has 1 atom stereocenters. The fraction of sp³-hybridized carbons (Fsp3) is 0.600. The quantitative estimate of drug-likeness (QED) is 0.716. The van der Waals surface area contributed by atoms with E-state index in [-0.39, 0.29) is 11.5 Å². The van der Waals surface area contributed by atoms with Crippen LogP contribution in [0.2, 0.25) is 0 Å². The minimum atomic E-state index is 0.0371. The molecule has 0 bridgehead atoms. The van der Waals surface area contributed by atoms with Gasteiger partial charge in [0, 0.05) is 18.5 Å². The molecule has 0 saturated carbocycles. The van der Waals surface area contributed by atoms with Crippen molar-refractivity contribution in [3.8, 4) is 0 Å². The highest BCUT2D eigenvalue weighted by Crippen LogP contribution is 2.28. The van der Waals surface area contributed by atoms with Gasteiger partial charge < -0.3 is 9.64 Å². The molecule has 1 fully saturated rings. The lowest BCUT2D eigenvalue weighted by molar-refractivity contribution is 0.0273. The summed E-state index contributed by atoms with van der Waals surface area (Å²) >= 11 is 1.63. The Labute approximate surface area is 144 Å². The van der Waals surface area contributed by atoms with E-state index in [0.29, 0.717) is 13.2 Å². The van der Waals surface area contributed by atoms with Crippen LogP contribution in [-0.4, -0.2) is 55.2 Å². The minimum Gasteiger partial charge on any atom is -0.373 e. The molecule has 0 spiro atoms. The zero-order valence-corrected chi connectivity index (χ0v) is 14.9. The van der Waals surface area contributed by atoms with Crippen LogP contribution in [0.15, 0.2) is 18.9 Å². The fourth-order valence-corrected chi connectivity index (χ4v) is 3.64. The number of hydrogen-bond donors (Lipinski definition) is 0. The van der Waals surface area contributed by atoms with Crippen molar-refractivity contribution in [2.45, 2.75) is 38.8 Å². The summed E-state index contributed by atoms with van der Waals surface area (Å²) in [6.45, 7) is 9.52. The van der Waals surface area contributed by atoms with Crippen LogP contribution in [0.3, 0.4) is 0 Å². The fourth-order valence-electron chi connectivity index (χ4n) is 2.72. The van der Waals surface area contributed by atoms with Gasteiger partial charge in [-0.05, 0) is 0 Å². The van der Waals surface area contributed by atoms with Crippen molar-refractivity contribution < 1.29 is 4.74 Å². The Balaban J connectivity index is 1.50. The summed E-state index contributed by atoms with van der Waals surface area (Å²) in [5, 5.41) is 9.85. The Hall–Kier alpha value is -2.00. The van der Waals surface area contributed by atoms with Gasteiger partial charge in [-0.3, -0.25) is 4.68 Å². The summed E-state index contributed by atoms with van der Waals surface area (Å²) in [5.41, 5.74) is 1.11. The summed E-state index contributed by atoms with van der Waals surface area (Å²) in [6, 6.07) is 0. The van der Waals surface area contributed by atoms with Gasteiger partial charge in [0.2, 0.25) is 10.1 Å². The van der Waals surface area contributed by atoms with Crippen molar-refractivity contribution in [1.82, 2.24) is 29.4 Å². The Bertz CT molecular complexity index is 785. The van der Waals surface area contributed by atoms with E-state index in [4.69, 9.17) is 14.8 Å². The largest absolute Gasteiger partial charge is 0.373 e. The smallest absolute Gasteiger partial charge is 0.214 e. The van der Waals surface area contributed by atoms with E-state index >= 15 is 0 Å².